The molecule has 1 heterocycles. The number of nitrogens with zero attached hydrogens (tertiary/aromatic N) is 1. The molecule has 2 amide bonds. The van der Waals surface area contributed by atoms with Crippen LogP contribution in [0.1, 0.15) is 11.1 Å². The van der Waals surface area contributed by atoms with Crippen molar-refractivity contribution in [2.24, 2.45) is 0 Å². The molecule has 0 atom stereocenters. The molecule has 0 aromatic heterocycles. The summed E-state index contributed by atoms with van der Waals surface area (Å²) in [5.74, 6) is 0.856. The number of benzene rings is 3. The number of rotatable bonds is 9. The maximum absolute atomic E-state index is 13.2. The summed E-state index contributed by atoms with van der Waals surface area (Å²) in [6.45, 7) is 0.517. The Bertz CT molecular complexity index is 1200. The summed E-state index contributed by atoms with van der Waals surface area (Å²) in [4.78, 5) is 26.8. The number of carbonyl (C=O) groups excluding carboxylic acids is 2. The highest BCUT2D eigenvalue weighted by atomic mass is 32.2. The second-order valence-electron chi connectivity index (χ2n) is 7.29. The Kier molecular flexibility index (Phi) is 7.49. The fourth-order valence-electron chi connectivity index (χ4n) is 3.30. The number of ether oxygens (including phenoxy) is 3. The third kappa shape index (κ3) is 5.58. The van der Waals surface area contributed by atoms with Crippen molar-refractivity contribution in [2.75, 3.05) is 20.3 Å². The zero-order valence-corrected chi connectivity index (χ0v) is 19.2. The number of hydrogen-bond donors (Lipinski definition) is 0. The molecule has 1 saturated heterocycles. The van der Waals surface area contributed by atoms with Gasteiger partial charge in [-0.2, -0.15) is 0 Å². The number of hydrogen-bond acceptors (Lipinski definition) is 6. The van der Waals surface area contributed by atoms with Crippen LogP contribution in [0.3, 0.4) is 0 Å². The lowest BCUT2D eigenvalue weighted by atomic mass is 10.1. The Morgan fingerprint density at radius 3 is 2.44 bits per heavy atom. The van der Waals surface area contributed by atoms with E-state index in [1.54, 1.807) is 36.4 Å². The van der Waals surface area contributed by atoms with Crippen LogP contribution in [-0.4, -0.2) is 36.3 Å². The van der Waals surface area contributed by atoms with E-state index in [9.17, 15) is 14.0 Å². The van der Waals surface area contributed by atoms with Gasteiger partial charge in [-0.3, -0.25) is 14.5 Å². The van der Waals surface area contributed by atoms with Gasteiger partial charge in [0.05, 0.1) is 18.6 Å². The Labute approximate surface area is 200 Å². The van der Waals surface area contributed by atoms with Gasteiger partial charge >= 0.3 is 0 Å². The van der Waals surface area contributed by atoms with E-state index >= 15 is 0 Å². The molecule has 0 unspecified atom stereocenters. The molecule has 0 spiro atoms. The van der Waals surface area contributed by atoms with Gasteiger partial charge in [-0.25, -0.2) is 4.39 Å². The number of imide groups is 1. The average molecular weight is 480 g/mol. The predicted molar refractivity (Wildman–Crippen MR) is 128 cm³/mol. The minimum atomic E-state index is -0.390. The molecule has 0 radical (unpaired) electrons. The third-order valence-corrected chi connectivity index (χ3v) is 5.92. The van der Waals surface area contributed by atoms with Gasteiger partial charge < -0.3 is 14.2 Å². The molecule has 3 aromatic carbocycles. The van der Waals surface area contributed by atoms with Crippen molar-refractivity contribution in [3.8, 4) is 17.2 Å². The van der Waals surface area contributed by atoms with Crippen LogP contribution in [0.4, 0.5) is 9.18 Å². The summed E-state index contributed by atoms with van der Waals surface area (Å²) in [7, 11) is 1.52. The summed E-state index contributed by atoms with van der Waals surface area (Å²) in [6.07, 6.45) is 1.62. The van der Waals surface area contributed by atoms with Crippen molar-refractivity contribution in [2.45, 2.75) is 6.61 Å². The topological polar surface area (TPSA) is 65.1 Å². The quantitative estimate of drug-likeness (QED) is 0.376. The lowest BCUT2D eigenvalue weighted by Gasteiger charge is -2.14. The lowest BCUT2D eigenvalue weighted by Crippen LogP contribution is -2.32. The zero-order chi connectivity index (χ0) is 23.9. The summed E-state index contributed by atoms with van der Waals surface area (Å²) < 4.78 is 30.2. The van der Waals surface area contributed by atoms with Gasteiger partial charge in [-0.05, 0) is 53.7 Å². The van der Waals surface area contributed by atoms with Crippen molar-refractivity contribution in [3.63, 3.8) is 0 Å². The van der Waals surface area contributed by atoms with Gasteiger partial charge in [0.1, 0.15) is 24.8 Å². The molecule has 34 heavy (non-hydrogen) atoms. The molecular formula is C26H22FNO5S. The maximum atomic E-state index is 13.2. The maximum Gasteiger partial charge on any atom is 0.293 e. The van der Waals surface area contributed by atoms with E-state index < -0.39 is 0 Å². The van der Waals surface area contributed by atoms with Crippen LogP contribution < -0.4 is 14.2 Å². The second-order valence-corrected chi connectivity index (χ2v) is 8.28. The van der Waals surface area contributed by atoms with Gasteiger partial charge in [0.25, 0.3) is 11.1 Å². The van der Waals surface area contributed by atoms with Crippen LogP contribution >= 0.6 is 11.8 Å². The summed E-state index contributed by atoms with van der Waals surface area (Å²) in [5.41, 5.74) is 1.37. The lowest BCUT2D eigenvalue weighted by molar-refractivity contribution is -0.123. The molecule has 6 nitrogen and oxygen atoms in total. The van der Waals surface area contributed by atoms with E-state index in [1.165, 1.54) is 24.1 Å². The van der Waals surface area contributed by atoms with Crippen molar-refractivity contribution in [1.29, 1.82) is 0 Å². The number of amides is 2. The van der Waals surface area contributed by atoms with Crippen molar-refractivity contribution >= 4 is 29.0 Å². The molecule has 0 N–H and O–H groups in total. The number of thioether (sulfide) groups is 1. The summed E-state index contributed by atoms with van der Waals surface area (Å²) in [6, 6.07) is 20.5. The molecule has 1 fully saturated rings. The predicted octanol–water partition coefficient (Wildman–Crippen LogP) is 5.53. The van der Waals surface area contributed by atoms with E-state index in [-0.39, 0.29) is 41.6 Å². The van der Waals surface area contributed by atoms with Crippen LogP contribution in [-0.2, 0) is 11.4 Å². The normalized spacial score (nSPS) is 14.5. The second kappa shape index (κ2) is 10.9. The average Bonchev–Trinajstić information content (AvgIpc) is 3.12. The minimum absolute atomic E-state index is 0.142. The van der Waals surface area contributed by atoms with Crippen molar-refractivity contribution < 1.29 is 28.2 Å². The fourth-order valence-corrected chi connectivity index (χ4v) is 4.16. The Morgan fingerprint density at radius 1 is 0.941 bits per heavy atom. The Morgan fingerprint density at radius 2 is 1.71 bits per heavy atom. The van der Waals surface area contributed by atoms with E-state index in [0.29, 0.717) is 22.8 Å². The van der Waals surface area contributed by atoms with Gasteiger partial charge in [-0.15, -0.1) is 0 Å². The van der Waals surface area contributed by atoms with E-state index in [0.717, 1.165) is 17.3 Å². The number of carbonyl (C=O) groups is 2. The standard InChI is InChI=1S/C26H22FNO5S/c1-31-22-9-5-6-19(24(22)33-17-18-10-12-20(27)13-11-18)16-23-25(29)28(26(30)34-23)14-15-32-21-7-3-2-4-8-21/h2-13,16H,14-15,17H2,1H3/b23-16-. The summed E-state index contributed by atoms with van der Waals surface area (Å²) in [5, 5.41) is -0.357. The third-order valence-electron chi connectivity index (χ3n) is 5.01. The van der Waals surface area contributed by atoms with Gasteiger partial charge in [0.2, 0.25) is 0 Å². The fraction of sp³-hybridized carbons (Fsp3) is 0.154. The Balaban J connectivity index is 1.48. The first-order valence-electron chi connectivity index (χ1n) is 10.5. The molecule has 3 aromatic rings. The Hall–Kier alpha value is -3.78. The van der Waals surface area contributed by atoms with Crippen LogP contribution in [0.15, 0.2) is 77.7 Å². The highest BCUT2D eigenvalue weighted by Crippen LogP contribution is 2.37. The van der Waals surface area contributed by atoms with Gasteiger partial charge in [0.15, 0.2) is 11.5 Å². The first kappa shape index (κ1) is 23.4. The van der Waals surface area contributed by atoms with Crippen LogP contribution in [0.25, 0.3) is 6.08 Å². The van der Waals surface area contributed by atoms with Crippen molar-refractivity contribution in [1.82, 2.24) is 4.90 Å². The minimum Gasteiger partial charge on any atom is -0.493 e. The first-order valence-corrected chi connectivity index (χ1v) is 11.3. The molecule has 0 bridgehead atoms. The first-order chi connectivity index (χ1) is 16.5. The largest absolute Gasteiger partial charge is 0.493 e. The molecule has 174 valence electrons. The molecular weight excluding hydrogens is 457 g/mol. The molecule has 1 aliphatic rings. The van der Waals surface area contributed by atoms with Crippen molar-refractivity contribution in [3.05, 3.63) is 94.6 Å². The van der Waals surface area contributed by atoms with Crippen LogP contribution in [0.2, 0.25) is 0 Å². The van der Waals surface area contributed by atoms with E-state index in [2.05, 4.69) is 0 Å². The monoisotopic (exact) mass is 479 g/mol. The highest BCUT2D eigenvalue weighted by molar-refractivity contribution is 8.18. The zero-order valence-electron chi connectivity index (χ0n) is 18.4. The molecule has 0 aliphatic carbocycles. The van der Waals surface area contributed by atoms with Crippen LogP contribution in [0.5, 0.6) is 17.2 Å². The van der Waals surface area contributed by atoms with E-state index in [1.807, 2.05) is 30.3 Å². The van der Waals surface area contributed by atoms with Gasteiger partial charge in [-0.1, -0.05) is 42.5 Å². The van der Waals surface area contributed by atoms with Gasteiger partial charge in [0, 0.05) is 5.56 Å². The highest BCUT2D eigenvalue weighted by Gasteiger charge is 2.35. The van der Waals surface area contributed by atoms with E-state index in [4.69, 9.17) is 14.2 Å². The summed E-state index contributed by atoms with van der Waals surface area (Å²) >= 11 is 0.866. The molecule has 1 aliphatic heterocycles. The number of para-hydroxylation sites is 2. The molecule has 4 rings (SSSR count). The number of halogens is 1. The molecule has 8 heteroatoms. The number of methoxy groups -OCH3 is 1. The smallest absolute Gasteiger partial charge is 0.293 e. The SMILES string of the molecule is COc1cccc(/C=C2\SC(=O)N(CCOc3ccccc3)C2=O)c1OCc1ccc(F)cc1. The molecule has 0 saturated carbocycles. The van der Waals surface area contributed by atoms with Crippen LogP contribution in [0, 0.1) is 5.82 Å².